The van der Waals surface area contributed by atoms with E-state index in [4.69, 9.17) is 15.2 Å². The molecule has 1 aromatic carbocycles. The maximum atomic E-state index is 11.3. The zero-order valence-electron chi connectivity index (χ0n) is 22.4. The maximum absolute atomic E-state index is 11.3. The monoisotopic (exact) mass is 516 g/mol. The first kappa shape index (κ1) is 26.6. The number of aromatic nitrogens is 1. The summed E-state index contributed by atoms with van der Waals surface area (Å²) in [4.78, 5) is 4.24. The molecule has 6 nitrogen and oxygen atoms in total. The van der Waals surface area contributed by atoms with Crippen LogP contribution in [0.3, 0.4) is 0 Å². The molecule has 0 saturated heterocycles. The van der Waals surface area contributed by atoms with Gasteiger partial charge in [-0.3, -0.25) is 0 Å². The molecule has 1 fully saturated rings. The van der Waals surface area contributed by atoms with E-state index in [9.17, 15) is 10.2 Å². The average Bonchev–Trinajstić information content (AvgIpc) is 2.95. The molecule has 38 heavy (non-hydrogen) atoms. The number of fused-ring (bicyclic) bond motifs is 2. The lowest BCUT2D eigenvalue weighted by atomic mass is 9.83. The smallest absolute Gasteiger partial charge is 0.168 e. The van der Waals surface area contributed by atoms with E-state index in [1.54, 1.807) is 12.3 Å². The average molecular weight is 517 g/mol. The van der Waals surface area contributed by atoms with Crippen LogP contribution in [0, 0.1) is 23.7 Å². The van der Waals surface area contributed by atoms with E-state index in [0.717, 1.165) is 54.4 Å². The zero-order valence-corrected chi connectivity index (χ0v) is 22.4. The van der Waals surface area contributed by atoms with E-state index in [2.05, 4.69) is 29.8 Å². The van der Waals surface area contributed by atoms with Crippen molar-refractivity contribution in [3.63, 3.8) is 0 Å². The van der Waals surface area contributed by atoms with Gasteiger partial charge in [0, 0.05) is 41.1 Å². The highest BCUT2D eigenvalue weighted by Gasteiger charge is 2.28. The molecule has 4 atom stereocenters. The summed E-state index contributed by atoms with van der Waals surface area (Å²) < 4.78 is 12.6. The number of pyridine rings is 1. The molecule has 2 aliphatic carbocycles. The summed E-state index contributed by atoms with van der Waals surface area (Å²) in [7, 11) is 0. The molecule has 1 aliphatic heterocycles. The van der Waals surface area contributed by atoms with Gasteiger partial charge in [0.15, 0.2) is 11.5 Å². The van der Waals surface area contributed by atoms with E-state index in [1.165, 1.54) is 19.3 Å². The van der Waals surface area contributed by atoms with Crippen LogP contribution < -0.4 is 10.5 Å². The minimum Gasteiger partial charge on any atom is -0.504 e. The van der Waals surface area contributed by atoms with E-state index in [-0.39, 0.29) is 29.8 Å². The van der Waals surface area contributed by atoms with Crippen LogP contribution in [-0.2, 0) is 17.8 Å². The summed E-state index contributed by atoms with van der Waals surface area (Å²) in [5.74, 6) is 8.10. The van der Waals surface area contributed by atoms with Crippen molar-refractivity contribution < 1.29 is 19.7 Å². The highest BCUT2D eigenvalue weighted by molar-refractivity contribution is 5.67. The van der Waals surface area contributed by atoms with Crippen molar-refractivity contribution in [2.45, 2.75) is 96.1 Å². The van der Waals surface area contributed by atoms with Crippen LogP contribution in [0.5, 0.6) is 11.5 Å². The molecule has 2 aromatic rings. The maximum Gasteiger partial charge on any atom is 0.168 e. The molecule has 202 valence electrons. The zero-order chi connectivity index (χ0) is 26.5. The van der Waals surface area contributed by atoms with Gasteiger partial charge in [0.05, 0.1) is 24.9 Å². The number of aromatic hydroxyl groups is 1. The fourth-order valence-corrected chi connectivity index (χ4v) is 5.85. The molecule has 4 N–H and O–H groups in total. The number of hydrogen-bond donors (Lipinski definition) is 3. The number of hydrogen-bond acceptors (Lipinski definition) is 6. The Bertz CT molecular complexity index is 1210. The second kappa shape index (κ2) is 12.2. The molecule has 1 saturated carbocycles. The number of aliphatic hydroxyl groups is 1. The first-order chi connectivity index (χ1) is 18.5. The Kier molecular flexibility index (Phi) is 8.56. The molecule has 1 aromatic heterocycles. The van der Waals surface area contributed by atoms with Gasteiger partial charge in [0.25, 0.3) is 0 Å². The fraction of sp³-hybridized carbons (Fsp3) is 0.531. The number of phenolic OH excluding ortho intramolecular Hbond substituents is 1. The van der Waals surface area contributed by atoms with Crippen LogP contribution in [0.15, 0.2) is 30.5 Å². The second-order valence-electron chi connectivity index (χ2n) is 11.2. The molecule has 0 unspecified atom stereocenters. The summed E-state index contributed by atoms with van der Waals surface area (Å²) in [6.07, 6.45) is 15.2. The second-order valence-corrected chi connectivity index (χ2v) is 11.2. The number of benzene rings is 1. The molecule has 0 bridgehead atoms. The highest BCUT2D eigenvalue weighted by atomic mass is 16.5. The van der Waals surface area contributed by atoms with Crippen LogP contribution in [0.1, 0.15) is 87.0 Å². The third kappa shape index (κ3) is 6.51. The van der Waals surface area contributed by atoms with Gasteiger partial charge in [-0.15, -0.1) is 0 Å². The van der Waals surface area contributed by atoms with Crippen LogP contribution in [0.4, 0.5) is 5.82 Å². The Morgan fingerprint density at radius 1 is 1.13 bits per heavy atom. The Hall–Kier alpha value is -3.01. The van der Waals surface area contributed by atoms with Crippen molar-refractivity contribution in [3.8, 4) is 23.3 Å². The highest BCUT2D eigenvalue weighted by Crippen LogP contribution is 2.40. The molecule has 0 radical (unpaired) electrons. The van der Waals surface area contributed by atoms with Crippen molar-refractivity contribution in [2.75, 3.05) is 5.73 Å². The van der Waals surface area contributed by atoms with Crippen molar-refractivity contribution >= 4 is 11.9 Å². The SMILES string of the molecule is C[C@@H]1C#Cc2cc(N)ncc2CO[C@H](C[C@H](O)[C@@H]2C=Cc3c(ccc(O)c3OC3CCCCC3)C2)CCC1. The van der Waals surface area contributed by atoms with Crippen LogP contribution >= 0.6 is 0 Å². The van der Waals surface area contributed by atoms with E-state index in [0.29, 0.717) is 31.0 Å². The lowest BCUT2D eigenvalue weighted by molar-refractivity contribution is -0.0115. The third-order valence-corrected chi connectivity index (χ3v) is 8.17. The Morgan fingerprint density at radius 2 is 1.97 bits per heavy atom. The largest absolute Gasteiger partial charge is 0.504 e. The van der Waals surface area contributed by atoms with Gasteiger partial charge in [-0.05, 0) is 69.1 Å². The van der Waals surface area contributed by atoms with Crippen molar-refractivity contribution in [2.24, 2.45) is 11.8 Å². The summed E-state index contributed by atoms with van der Waals surface area (Å²) >= 11 is 0. The quantitative estimate of drug-likeness (QED) is 0.436. The van der Waals surface area contributed by atoms with Crippen molar-refractivity contribution in [1.82, 2.24) is 4.98 Å². The summed E-state index contributed by atoms with van der Waals surface area (Å²) in [5, 5.41) is 21.9. The molecular formula is C32H40N2O4. The van der Waals surface area contributed by atoms with Gasteiger partial charge < -0.3 is 25.4 Å². The van der Waals surface area contributed by atoms with E-state index >= 15 is 0 Å². The Labute approximate surface area is 226 Å². The predicted molar refractivity (Wildman–Crippen MR) is 150 cm³/mol. The summed E-state index contributed by atoms with van der Waals surface area (Å²) in [5.41, 5.74) is 9.75. The van der Waals surface area contributed by atoms with Crippen LogP contribution in [-0.4, -0.2) is 33.5 Å². The lowest BCUT2D eigenvalue weighted by Gasteiger charge is -2.30. The lowest BCUT2D eigenvalue weighted by Crippen LogP contribution is -2.29. The molecule has 3 aliphatic rings. The molecule has 6 heteroatoms. The molecule has 0 spiro atoms. The van der Waals surface area contributed by atoms with Crippen LogP contribution in [0.2, 0.25) is 0 Å². The number of nitrogen functional groups attached to an aromatic ring is 1. The van der Waals surface area contributed by atoms with Crippen molar-refractivity contribution in [1.29, 1.82) is 0 Å². The molecule has 5 rings (SSSR count). The predicted octanol–water partition coefficient (Wildman–Crippen LogP) is 5.77. The number of rotatable bonds is 5. The Morgan fingerprint density at radius 3 is 2.82 bits per heavy atom. The third-order valence-electron chi connectivity index (χ3n) is 8.17. The molecule has 0 amide bonds. The number of aliphatic hydroxyl groups excluding tert-OH is 1. The van der Waals surface area contributed by atoms with Gasteiger partial charge in [0.2, 0.25) is 0 Å². The van der Waals surface area contributed by atoms with Gasteiger partial charge in [-0.25, -0.2) is 4.98 Å². The van der Waals surface area contributed by atoms with E-state index < -0.39 is 6.10 Å². The minimum absolute atomic E-state index is 0.0210. The van der Waals surface area contributed by atoms with E-state index in [1.807, 2.05) is 18.2 Å². The normalized spacial score (nSPS) is 24.7. The molecule has 2 heterocycles. The summed E-state index contributed by atoms with van der Waals surface area (Å²) in [6, 6.07) is 5.50. The van der Waals surface area contributed by atoms with Gasteiger partial charge in [0.1, 0.15) is 5.82 Å². The first-order valence-electron chi connectivity index (χ1n) is 14.2. The standard InChI is InChI=1S/C32H40N2O4/c1-21-6-5-9-27(37-20-25-19-34-31(33)17-22(25)11-10-21)18-30(36)24-12-14-28-23(16-24)13-15-29(35)32(28)38-26-7-3-2-4-8-26/h12-15,17,19,21,24,26-27,30,35-36H,2-9,16,18,20H2,1H3,(H2,33,34)/t21-,24+,27-,30-/m0/s1. The number of nitrogens with two attached hydrogens (primary N) is 1. The minimum atomic E-state index is -0.538. The fourth-order valence-electron chi connectivity index (χ4n) is 5.85. The number of phenols is 1. The van der Waals surface area contributed by atoms with Gasteiger partial charge >= 0.3 is 0 Å². The van der Waals surface area contributed by atoms with Gasteiger partial charge in [-0.1, -0.05) is 43.4 Å². The van der Waals surface area contributed by atoms with Crippen LogP contribution in [0.25, 0.3) is 6.08 Å². The Balaban J connectivity index is 1.26. The van der Waals surface area contributed by atoms with Gasteiger partial charge in [-0.2, -0.15) is 0 Å². The van der Waals surface area contributed by atoms with Crippen molar-refractivity contribution in [3.05, 3.63) is 52.7 Å². The number of anilines is 1. The first-order valence-corrected chi connectivity index (χ1v) is 14.2. The number of ether oxygens (including phenoxy) is 2. The topological polar surface area (TPSA) is 97.8 Å². The summed E-state index contributed by atoms with van der Waals surface area (Å²) in [6.45, 7) is 2.54. The number of nitrogens with zero attached hydrogens (tertiary/aromatic N) is 1. The molecular weight excluding hydrogens is 476 g/mol.